The van der Waals surface area contributed by atoms with E-state index in [1.807, 2.05) is 0 Å². The van der Waals surface area contributed by atoms with E-state index in [9.17, 15) is 22.4 Å². The smallest absolute Gasteiger partial charge is 0.435 e. The van der Waals surface area contributed by atoms with E-state index < -0.39 is 23.7 Å². The molecule has 6 nitrogen and oxygen atoms in total. The normalized spacial score (nSPS) is 12.0. The molecular formula is C16H14F4N2O4. The Kier molecular flexibility index (Phi) is 5.53. The summed E-state index contributed by atoms with van der Waals surface area (Å²) < 4.78 is 67.6. The van der Waals surface area contributed by atoms with Crippen LogP contribution in [0, 0.1) is 12.7 Å². The Labute approximate surface area is 145 Å². The third kappa shape index (κ3) is 4.13. The van der Waals surface area contributed by atoms with E-state index in [-0.39, 0.29) is 22.8 Å². The van der Waals surface area contributed by atoms with Crippen LogP contribution in [0.1, 0.15) is 11.3 Å². The molecule has 0 aliphatic heterocycles. The number of carbonyl (C=O) groups is 1. The van der Waals surface area contributed by atoms with Crippen LogP contribution in [0.15, 0.2) is 36.4 Å². The molecule has 0 N–H and O–H groups in total. The number of aromatic nitrogens is 2. The zero-order valence-corrected chi connectivity index (χ0v) is 13.9. The predicted molar refractivity (Wildman–Crippen MR) is 81.0 cm³/mol. The van der Waals surface area contributed by atoms with E-state index in [0.29, 0.717) is 0 Å². The second kappa shape index (κ2) is 7.46. The van der Waals surface area contributed by atoms with Gasteiger partial charge >= 0.3 is 12.1 Å². The molecule has 0 atom stereocenters. The molecule has 2 aromatic rings. The summed E-state index contributed by atoms with van der Waals surface area (Å²) in [6.07, 6.45) is -2.65. The average molecular weight is 374 g/mol. The highest BCUT2D eigenvalue weighted by Gasteiger charge is 2.33. The highest BCUT2D eigenvalue weighted by Crippen LogP contribution is 2.30. The number of benzene rings is 1. The number of hydrogen-bond acceptors (Lipinski definition) is 5. The SMILES string of the molecule is CO/C=C(\Oc1cc(-n2ccc(C(F)(F)F)n2)cc(F)c1C)C(=O)OC. The van der Waals surface area contributed by atoms with Gasteiger partial charge in [-0.15, -0.1) is 0 Å². The van der Waals surface area contributed by atoms with Gasteiger partial charge in [-0.1, -0.05) is 0 Å². The fourth-order valence-corrected chi connectivity index (χ4v) is 1.94. The van der Waals surface area contributed by atoms with E-state index in [1.165, 1.54) is 20.1 Å². The first-order chi connectivity index (χ1) is 12.2. The largest absolute Gasteiger partial charge is 0.500 e. The van der Waals surface area contributed by atoms with Crippen LogP contribution < -0.4 is 4.74 Å². The summed E-state index contributed by atoms with van der Waals surface area (Å²) in [5.41, 5.74) is -1.13. The van der Waals surface area contributed by atoms with Crippen molar-refractivity contribution < 1.29 is 36.6 Å². The van der Waals surface area contributed by atoms with Gasteiger partial charge in [0.15, 0.2) is 5.69 Å². The van der Waals surface area contributed by atoms with Crippen LogP contribution in [0.5, 0.6) is 5.75 Å². The van der Waals surface area contributed by atoms with Crippen LogP contribution in [0.2, 0.25) is 0 Å². The third-order valence-corrected chi connectivity index (χ3v) is 3.26. The molecule has 1 aromatic heterocycles. The minimum Gasteiger partial charge on any atom is -0.500 e. The van der Waals surface area contributed by atoms with Gasteiger partial charge in [-0.05, 0) is 13.0 Å². The predicted octanol–water partition coefficient (Wildman–Crippen LogP) is 3.38. The standard InChI is InChI=1S/C16H14F4N2O4/c1-9-11(17)6-10(22-5-4-14(21-22)16(18,19)20)7-12(9)26-13(8-24-2)15(23)25-3/h4-8H,1-3H3/b13-8-. The summed E-state index contributed by atoms with van der Waals surface area (Å²) in [4.78, 5) is 11.6. The first-order valence-corrected chi connectivity index (χ1v) is 7.10. The summed E-state index contributed by atoms with van der Waals surface area (Å²) in [5, 5.41) is 3.37. The lowest BCUT2D eigenvalue weighted by atomic mass is 10.2. The maximum absolute atomic E-state index is 14.2. The van der Waals surface area contributed by atoms with Crippen molar-refractivity contribution in [3.05, 3.63) is 53.5 Å². The number of carbonyl (C=O) groups excluding carboxylic acids is 1. The number of nitrogens with zero attached hydrogens (tertiary/aromatic N) is 2. The van der Waals surface area contributed by atoms with Crippen molar-refractivity contribution in [2.24, 2.45) is 0 Å². The van der Waals surface area contributed by atoms with Gasteiger partial charge in [0.2, 0.25) is 5.76 Å². The second-order valence-corrected chi connectivity index (χ2v) is 5.01. The molecule has 26 heavy (non-hydrogen) atoms. The van der Waals surface area contributed by atoms with Gasteiger partial charge in [-0.25, -0.2) is 13.9 Å². The maximum Gasteiger partial charge on any atom is 0.435 e. The highest BCUT2D eigenvalue weighted by atomic mass is 19.4. The number of methoxy groups -OCH3 is 2. The summed E-state index contributed by atoms with van der Waals surface area (Å²) in [6.45, 7) is 1.38. The third-order valence-electron chi connectivity index (χ3n) is 3.26. The molecule has 0 saturated heterocycles. The van der Waals surface area contributed by atoms with Crippen LogP contribution in [-0.4, -0.2) is 30.0 Å². The van der Waals surface area contributed by atoms with Crippen molar-refractivity contribution in [2.45, 2.75) is 13.1 Å². The van der Waals surface area contributed by atoms with Gasteiger partial charge < -0.3 is 14.2 Å². The fourth-order valence-electron chi connectivity index (χ4n) is 1.94. The zero-order chi connectivity index (χ0) is 19.5. The van der Waals surface area contributed by atoms with Crippen LogP contribution in [0.4, 0.5) is 17.6 Å². The van der Waals surface area contributed by atoms with Crippen LogP contribution in [-0.2, 0) is 20.4 Å². The van der Waals surface area contributed by atoms with Gasteiger partial charge in [0.05, 0.1) is 19.9 Å². The molecule has 1 aromatic carbocycles. The molecular weight excluding hydrogens is 360 g/mol. The van der Waals surface area contributed by atoms with Gasteiger partial charge in [0.1, 0.15) is 17.8 Å². The first kappa shape index (κ1) is 19.3. The van der Waals surface area contributed by atoms with Crippen LogP contribution in [0.25, 0.3) is 5.69 Å². The quantitative estimate of drug-likeness (QED) is 0.348. The Morgan fingerprint density at radius 1 is 1.27 bits per heavy atom. The summed E-state index contributed by atoms with van der Waals surface area (Å²) >= 11 is 0. The lowest BCUT2D eigenvalue weighted by Gasteiger charge is -2.13. The molecule has 10 heteroatoms. The average Bonchev–Trinajstić information content (AvgIpc) is 3.07. The molecule has 0 amide bonds. The number of esters is 1. The van der Waals surface area contributed by atoms with Gasteiger partial charge in [-0.3, -0.25) is 0 Å². The molecule has 0 aliphatic carbocycles. The van der Waals surface area contributed by atoms with Crippen molar-refractivity contribution in [3.63, 3.8) is 0 Å². The highest BCUT2D eigenvalue weighted by molar-refractivity contribution is 5.86. The molecule has 0 radical (unpaired) electrons. The van der Waals surface area contributed by atoms with Crippen molar-refractivity contribution in [1.29, 1.82) is 0 Å². The molecule has 0 unspecified atom stereocenters. The van der Waals surface area contributed by atoms with E-state index in [1.54, 1.807) is 0 Å². The minimum atomic E-state index is -4.63. The lowest BCUT2D eigenvalue weighted by Crippen LogP contribution is -2.12. The van der Waals surface area contributed by atoms with Crippen molar-refractivity contribution in [3.8, 4) is 11.4 Å². The number of alkyl halides is 3. The number of rotatable bonds is 5. The minimum absolute atomic E-state index is 0.0276. The first-order valence-electron chi connectivity index (χ1n) is 7.10. The van der Waals surface area contributed by atoms with E-state index in [0.717, 1.165) is 36.4 Å². The van der Waals surface area contributed by atoms with E-state index >= 15 is 0 Å². The Hall–Kier alpha value is -3.04. The van der Waals surface area contributed by atoms with Crippen molar-refractivity contribution in [2.75, 3.05) is 14.2 Å². The van der Waals surface area contributed by atoms with Gasteiger partial charge in [0.25, 0.3) is 0 Å². The second-order valence-electron chi connectivity index (χ2n) is 5.01. The van der Waals surface area contributed by atoms with Crippen molar-refractivity contribution >= 4 is 5.97 Å². The van der Waals surface area contributed by atoms with E-state index in [2.05, 4.69) is 9.84 Å². The fraction of sp³-hybridized carbons (Fsp3) is 0.250. The van der Waals surface area contributed by atoms with Crippen LogP contribution in [0.3, 0.4) is 0 Å². The number of ether oxygens (including phenoxy) is 3. The number of hydrogen-bond donors (Lipinski definition) is 0. The van der Waals surface area contributed by atoms with Gasteiger partial charge in [-0.2, -0.15) is 18.3 Å². The molecule has 2 rings (SSSR count). The monoisotopic (exact) mass is 374 g/mol. The topological polar surface area (TPSA) is 62.6 Å². The molecule has 0 saturated carbocycles. The Morgan fingerprint density at radius 3 is 2.50 bits per heavy atom. The molecule has 0 fully saturated rings. The summed E-state index contributed by atoms with van der Waals surface area (Å²) in [7, 11) is 2.38. The molecule has 0 spiro atoms. The zero-order valence-electron chi connectivity index (χ0n) is 13.9. The van der Waals surface area contributed by atoms with Crippen molar-refractivity contribution in [1.82, 2.24) is 9.78 Å². The Bertz CT molecular complexity index is 843. The molecule has 140 valence electrons. The molecule has 0 aliphatic rings. The van der Waals surface area contributed by atoms with Gasteiger partial charge in [0, 0.05) is 23.9 Å². The maximum atomic E-state index is 14.2. The summed E-state index contributed by atoms with van der Waals surface area (Å²) in [5.74, 6) is -2.12. The molecule has 0 bridgehead atoms. The Morgan fingerprint density at radius 2 is 1.96 bits per heavy atom. The van der Waals surface area contributed by atoms with Crippen LogP contribution >= 0.6 is 0 Å². The van der Waals surface area contributed by atoms with E-state index in [4.69, 9.17) is 9.47 Å². The lowest BCUT2D eigenvalue weighted by molar-refractivity contribution is -0.141. The Balaban J connectivity index is 2.45. The molecule has 1 heterocycles. The number of halogens is 4. The summed E-state index contributed by atoms with van der Waals surface area (Å²) in [6, 6.07) is 2.98.